The minimum absolute atomic E-state index is 0.0918. The van der Waals surface area contributed by atoms with E-state index in [0.717, 1.165) is 6.07 Å². The van der Waals surface area contributed by atoms with Crippen molar-refractivity contribution in [2.24, 2.45) is 12.2 Å². The molecule has 0 bridgehead atoms. The first-order valence-corrected chi connectivity index (χ1v) is 11.5. The third-order valence-electron chi connectivity index (χ3n) is 6.12. The second-order valence-corrected chi connectivity index (χ2v) is 8.89. The van der Waals surface area contributed by atoms with E-state index in [1.165, 1.54) is 41.1 Å². The Balaban J connectivity index is 1.74. The number of carboxylic acid groups (broad SMARTS) is 1. The summed E-state index contributed by atoms with van der Waals surface area (Å²) in [6.45, 7) is 0. The van der Waals surface area contributed by atoms with Crippen molar-refractivity contribution in [1.29, 1.82) is 0 Å². The Kier molecular flexibility index (Phi) is 7.50. The van der Waals surface area contributed by atoms with E-state index < -0.39 is 29.1 Å². The quantitative estimate of drug-likeness (QED) is 0.175. The third kappa shape index (κ3) is 5.59. The molecule has 0 radical (unpaired) electrons. The van der Waals surface area contributed by atoms with Crippen molar-refractivity contribution in [2.75, 3.05) is 0 Å². The summed E-state index contributed by atoms with van der Waals surface area (Å²) in [6.07, 6.45) is 1.62. The molecule has 0 spiro atoms. The molecule has 0 saturated carbocycles. The minimum Gasteiger partial charge on any atom is -0.478 e. The Labute approximate surface area is 215 Å². The second kappa shape index (κ2) is 10.8. The monoisotopic (exact) mass is 522 g/mol. The first kappa shape index (κ1) is 25.8. The standard InChI is InChI=1S/C28H21ClF2N2O4/c1-33-15-19(7-11-27(33)34)26(32-37)14-23(21-10-8-20(29)13-25(21)31)17-4-2-16(3-5-17)18-6-9-22(28(35)36)24(30)12-18/h2-13,15,23,37H,14H2,1H3,(H,35,36)/b32-26+/t23-/m0/s1. The Bertz CT molecular complexity index is 1570. The molecule has 0 aliphatic rings. The summed E-state index contributed by atoms with van der Waals surface area (Å²) < 4.78 is 30.6. The molecule has 0 aliphatic carbocycles. The van der Waals surface area contributed by atoms with Crippen molar-refractivity contribution >= 4 is 23.3 Å². The number of nitrogens with zero attached hydrogens (tertiary/aromatic N) is 2. The van der Waals surface area contributed by atoms with Crippen LogP contribution < -0.4 is 5.56 Å². The maximum atomic E-state index is 15.0. The summed E-state index contributed by atoms with van der Waals surface area (Å²) in [5.74, 6) is -3.34. The number of oxime groups is 1. The van der Waals surface area contributed by atoms with E-state index in [0.29, 0.717) is 27.8 Å². The van der Waals surface area contributed by atoms with Gasteiger partial charge in [0, 0.05) is 42.2 Å². The molecule has 6 nitrogen and oxygen atoms in total. The van der Waals surface area contributed by atoms with Crippen LogP contribution in [-0.2, 0) is 7.05 Å². The minimum atomic E-state index is -1.35. The molecule has 0 saturated heterocycles. The fraction of sp³-hybridized carbons (Fsp3) is 0.107. The number of aromatic carboxylic acids is 1. The predicted molar refractivity (Wildman–Crippen MR) is 137 cm³/mol. The molecule has 0 aliphatic heterocycles. The molecule has 37 heavy (non-hydrogen) atoms. The molecular formula is C28H21ClF2N2O4. The number of carboxylic acids is 1. The molecular weight excluding hydrogens is 502 g/mol. The zero-order valence-corrected chi connectivity index (χ0v) is 20.3. The highest BCUT2D eigenvalue weighted by Gasteiger charge is 2.22. The van der Waals surface area contributed by atoms with Gasteiger partial charge in [-0.25, -0.2) is 13.6 Å². The first-order chi connectivity index (χ1) is 17.7. The normalized spacial score (nSPS) is 12.4. The summed E-state index contributed by atoms with van der Waals surface area (Å²) >= 11 is 5.96. The van der Waals surface area contributed by atoms with Crippen molar-refractivity contribution in [3.63, 3.8) is 0 Å². The van der Waals surface area contributed by atoms with Crippen LogP contribution in [0.15, 0.2) is 88.9 Å². The molecule has 2 N–H and O–H groups in total. The van der Waals surface area contributed by atoms with E-state index in [4.69, 9.17) is 16.7 Å². The molecule has 0 fully saturated rings. The lowest BCUT2D eigenvalue weighted by Crippen LogP contribution is -2.18. The van der Waals surface area contributed by atoms with Crippen molar-refractivity contribution in [3.8, 4) is 11.1 Å². The number of halogens is 3. The van der Waals surface area contributed by atoms with Crippen LogP contribution >= 0.6 is 11.6 Å². The summed E-state index contributed by atoms with van der Waals surface area (Å²) in [4.78, 5) is 22.9. The number of hydrogen-bond donors (Lipinski definition) is 2. The van der Waals surface area contributed by atoms with Crippen LogP contribution in [0.1, 0.15) is 39.4 Å². The van der Waals surface area contributed by atoms with Gasteiger partial charge in [-0.15, -0.1) is 0 Å². The van der Waals surface area contributed by atoms with Gasteiger partial charge < -0.3 is 14.9 Å². The van der Waals surface area contributed by atoms with Crippen LogP contribution in [0.4, 0.5) is 8.78 Å². The molecule has 3 aromatic carbocycles. The fourth-order valence-corrected chi connectivity index (χ4v) is 4.30. The SMILES string of the molecule is Cn1cc(/C(C[C@@H](c2ccc(-c3ccc(C(=O)O)c(F)c3)cc2)c2ccc(Cl)cc2F)=N/O)ccc1=O. The summed E-state index contributed by atoms with van der Waals surface area (Å²) in [5, 5.41) is 22.5. The van der Waals surface area contributed by atoms with Crippen LogP contribution in [-0.4, -0.2) is 26.6 Å². The van der Waals surface area contributed by atoms with Crippen molar-refractivity contribution in [1.82, 2.24) is 4.57 Å². The number of carbonyl (C=O) groups is 1. The molecule has 4 aromatic rings. The number of benzene rings is 3. The van der Waals surface area contributed by atoms with Gasteiger partial charge in [0.05, 0.1) is 11.3 Å². The Morgan fingerprint density at radius 2 is 1.68 bits per heavy atom. The van der Waals surface area contributed by atoms with Crippen molar-refractivity contribution in [2.45, 2.75) is 12.3 Å². The number of aromatic nitrogens is 1. The predicted octanol–water partition coefficient (Wildman–Crippen LogP) is 6.08. The van der Waals surface area contributed by atoms with E-state index in [1.54, 1.807) is 43.4 Å². The average molecular weight is 523 g/mol. The van der Waals surface area contributed by atoms with Crippen LogP contribution in [0, 0.1) is 11.6 Å². The van der Waals surface area contributed by atoms with Gasteiger partial charge >= 0.3 is 5.97 Å². The molecule has 1 heterocycles. The van der Waals surface area contributed by atoms with Gasteiger partial charge in [0.25, 0.3) is 0 Å². The number of hydrogen-bond acceptors (Lipinski definition) is 4. The largest absolute Gasteiger partial charge is 0.478 e. The van der Waals surface area contributed by atoms with Crippen LogP contribution in [0.2, 0.25) is 5.02 Å². The first-order valence-electron chi connectivity index (χ1n) is 11.1. The highest BCUT2D eigenvalue weighted by atomic mass is 35.5. The molecule has 1 atom stereocenters. The molecule has 0 amide bonds. The second-order valence-electron chi connectivity index (χ2n) is 8.46. The van der Waals surface area contributed by atoms with Gasteiger partial charge in [0.1, 0.15) is 11.6 Å². The smallest absolute Gasteiger partial charge is 0.338 e. The maximum absolute atomic E-state index is 15.0. The van der Waals surface area contributed by atoms with Gasteiger partial charge in [0.15, 0.2) is 0 Å². The zero-order valence-electron chi connectivity index (χ0n) is 19.5. The van der Waals surface area contributed by atoms with Gasteiger partial charge in [-0.2, -0.15) is 0 Å². The van der Waals surface area contributed by atoms with E-state index in [1.807, 2.05) is 0 Å². The molecule has 188 valence electrons. The topological polar surface area (TPSA) is 91.9 Å². The summed E-state index contributed by atoms with van der Waals surface area (Å²) in [7, 11) is 1.57. The van der Waals surface area contributed by atoms with E-state index in [-0.39, 0.29) is 22.7 Å². The van der Waals surface area contributed by atoms with E-state index in [9.17, 15) is 19.2 Å². The van der Waals surface area contributed by atoms with Crippen LogP contribution in [0.5, 0.6) is 0 Å². The van der Waals surface area contributed by atoms with Gasteiger partial charge in [-0.3, -0.25) is 4.79 Å². The summed E-state index contributed by atoms with van der Waals surface area (Å²) in [5.41, 5.74) is 2.19. The number of pyridine rings is 1. The molecule has 9 heteroatoms. The fourth-order valence-electron chi connectivity index (χ4n) is 4.14. The lowest BCUT2D eigenvalue weighted by molar-refractivity contribution is 0.0692. The lowest BCUT2D eigenvalue weighted by Gasteiger charge is -2.20. The highest BCUT2D eigenvalue weighted by molar-refractivity contribution is 6.30. The molecule has 4 rings (SSSR count). The van der Waals surface area contributed by atoms with E-state index in [2.05, 4.69) is 5.16 Å². The Morgan fingerprint density at radius 1 is 0.973 bits per heavy atom. The Morgan fingerprint density at radius 3 is 2.27 bits per heavy atom. The lowest BCUT2D eigenvalue weighted by atomic mass is 9.84. The van der Waals surface area contributed by atoms with Crippen molar-refractivity contribution < 1.29 is 23.9 Å². The van der Waals surface area contributed by atoms with Gasteiger partial charge in [-0.1, -0.05) is 53.2 Å². The van der Waals surface area contributed by atoms with Crippen LogP contribution in [0.25, 0.3) is 11.1 Å². The van der Waals surface area contributed by atoms with E-state index >= 15 is 4.39 Å². The van der Waals surface area contributed by atoms with Crippen LogP contribution in [0.3, 0.4) is 0 Å². The molecule has 1 aromatic heterocycles. The zero-order chi connectivity index (χ0) is 26.7. The molecule has 0 unspecified atom stereocenters. The number of aryl methyl sites for hydroxylation is 1. The van der Waals surface area contributed by atoms with Gasteiger partial charge in [-0.05, 0) is 52.6 Å². The number of rotatable bonds is 7. The van der Waals surface area contributed by atoms with Gasteiger partial charge in [0.2, 0.25) is 5.56 Å². The average Bonchev–Trinajstić information content (AvgIpc) is 2.87. The third-order valence-corrected chi connectivity index (χ3v) is 6.36. The Hall–Kier alpha value is -4.30. The maximum Gasteiger partial charge on any atom is 0.338 e. The summed E-state index contributed by atoms with van der Waals surface area (Å²) in [6, 6.07) is 18.0. The highest BCUT2D eigenvalue weighted by Crippen LogP contribution is 2.34. The van der Waals surface area contributed by atoms with Crippen molar-refractivity contribution in [3.05, 3.63) is 128 Å².